The molecule has 1 aliphatic rings. The molecule has 30 heavy (non-hydrogen) atoms. The number of para-hydroxylation sites is 1. The maximum absolute atomic E-state index is 13.1. The molecule has 0 fully saturated rings. The van der Waals surface area contributed by atoms with Crippen molar-refractivity contribution in [1.82, 2.24) is 20.6 Å². The van der Waals surface area contributed by atoms with Gasteiger partial charge < -0.3 is 9.47 Å². The Kier molecular flexibility index (Phi) is 5.76. The van der Waals surface area contributed by atoms with Crippen LogP contribution in [0.2, 0.25) is 0 Å². The van der Waals surface area contributed by atoms with Gasteiger partial charge in [-0.15, -0.1) is 10.2 Å². The molecular weight excluding hydrogens is 382 g/mol. The number of hydrogen-bond donors (Lipinski definition) is 2. The summed E-state index contributed by atoms with van der Waals surface area (Å²) in [5.41, 5.74) is 7.52. The van der Waals surface area contributed by atoms with Crippen LogP contribution in [0.1, 0.15) is 53.5 Å². The van der Waals surface area contributed by atoms with E-state index in [1.165, 1.54) is 24.8 Å². The maximum atomic E-state index is 13.1. The topological polar surface area (TPSA) is 116 Å². The van der Waals surface area contributed by atoms with Crippen LogP contribution in [0.25, 0.3) is 0 Å². The van der Waals surface area contributed by atoms with E-state index in [9.17, 15) is 4.79 Å². The van der Waals surface area contributed by atoms with Gasteiger partial charge in [0.25, 0.3) is 5.72 Å². The molecule has 4 rings (SSSR count). The van der Waals surface area contributed by atoms with Crippen molar-refractivity contribution in [2.75, 3.05) is 6.61 Å². The average molecular weight is 407 g/mol. The van der Waals surface area contributed by atoms with Crippen molar-refractivity contribution in [2.24, 2.45) is 5.73 Å². The highest BCUT2D eigenvalue weighted by molar-refractivity contribution is 6.00. The summed E-state index contributed by atoms with van der Waals surface area (Å²) in [7, 11) is 0. The van der Waals surface area contributed by atoms with Gasteiger partial charge in [-0.25, -0.2) is 0 Å². The van der Waals surface area contributed by atoms with E-state index in [2.05, 4.69) is 39.7 Å². The summed E-state index contributed by atoms with van der Waals surface area (Å²) < 4.78 is 11.7. The summed E-state index contributed by atoms with van der Waals surface area (Å²) in [5.74, 6) is 0.856. The standard InChI is InChI=1S/C22H25N5O3/c1-2-3-4-6-15-9-11-16(12-10-15)13-18(28)17-7-5-8-19-20(17)30-22(23,14-29-19)21-24-26-27-25-21/h5,7-12H,2-4,6,13-14,23H2,1H3,(H,24,25,26,27). The van der Waals surface area contributed by atoms with Gasteiger partial charge in [-0.3, -0.25) is 10.5 Å². The zero-order valence-corrected chi connectivity index (χ0v) is 16.9. The molecule has 2 aromatic carbocycles. The minimum Gasteiger partial charge on any atom is -0.483 e. The van der Waals surface area contributed by atoms with Crippen molar-refractivity contribution in [3.63, 3.8) is 0 Å². The lowest BCUT2D eigenvalue weighted by molar-refractivity contribution is -0.0155. The number of unbranched alkanes of at least 4 members (excludes halogenated alkanes) is 2. The Morgan fingerprint density at radius 3 is 2.70 bits per heavy atom. The Hall–Kier alpha value is -3.26. The summed E-state index contributed by atoms with van der Waals surface area (Å²) >= 11 is 0. The van der Waals surface area contributed by atoms with E-state index in [0.29, 0.717) is 17.1 Å². The lowest BCUT2D eigenvalue weighted by Gasteiger charge is -2.33. The SMILES string of the molecule is CCCCCc1ccc(CC(=O)c2cccc3c2OC(N)(c2nn[nH]n2)CO3)cc1. The molecule has 1 aromatic heterocycles. The second kappa shape index (κ2) is 8.62. The number of nitrogens with one attached hydrogen (secondary N) is 1. The number of aromatic nitrogens is 4. The van der Waals surface area contributed by atoms with Crippen LogP contribution in [0.5, 0.6) is 11.5 Å². The molecule has 0 aliphatic carbocycles. The van der Waals surface area contributed by atoms with Crippen molar-refractivity contribution in [3.8, 4) is 11.5 Å². The van der Waals surface area contributed by atoms with Crippen molar-refractivity contribution in [3.05, 3.63) is 65.0 Å². The molecule has 8 nitrogen and oxygen atoms in total. The lowest BCUT2D eigenvalue weighted by Crippen LogP contribution is -2.51. The van der Waals surface area contributed by atoms with Crippen molar-refractivity contribution in [2.45, 2.75) is 44.8 Å². The van der Waals surface area contributed by atoms with Crippen LogP contribution in [-0.2, 0) is 18.6 Å². The van der Waals surface area contributed by atoms with Gasteiger partial charge in [0.15, 0.2) is 17.3 Å². The minimum absolute atomic E-state index is 0.0106. The number of fused-ring (bicyclic) bond motifs is 1. The molecule has 3 aromatic rings. The Morgan fingerprint density at radius 1 is 1.17 bits per heavy atom. The van der Waals surface area contributed by atoms with Crippen molar-refractivity contribution >= 4 is 5.78 Å². The Balaban J connectivity index is 1.51. The van der Waals surface area contributed by atoms with Gasteiger partial charge >= 0.3 is 0 Å². The van der Waals surface area contributed by atoms with Gasteiger partial charge in [0.05, 0.1) is 5.56 Å². The number of ether oxygens (including phenoxy) is 2. The van der Waals surface area contributed by atoms with Crippen LogP contribution >= 0.6 is 0 Å². The van der Waals surface area contributed by atoms with E-state index >= 15 is 0 Å². The summed E-state index contributed by atoms with van der Waals surface area (Å²) in [6.07, 6.45) is 4.94. The average Bonchev–Trinajstić information content (AvgIpc) is 3.31. The number of Topliss-reactive ketones (excluding diaryl/α,β-unsaturated/α-hetero) is 1. The number of hydrogen-bond acceptors (Lipinski definition) is 7. The number of carbonyl (C=O) groups is 1. The zero-order valence-electron chi connectivity index (χ0n) is 16.9. The normalized spacial score (nSPS) is 17.7. The van der Waals surface area contributed by atoms with E-state index in [0.717, 1.165) is 12.0 Å². The molecule has 1 atom stereocenters. The number of H-pyrrole nitrogens is 1. The third kappa shape index (κ3) is 4.18. The number of ketones is 1. The molecule has 0 radical (unpaired) electrons. The first kappa shape index (κ1) is 20.0. The van der Waals surface area contributed by atoms with Crippen LogP contribution in [0.4, 0.5) is 0 Å². The summed E-state index contributed by atoms with van der Waals surface area (Å²) in [4.78, 5) is 13.1. The van der Waals surface area contributed by atoms with Gasteiger partial charge in [-0.1, -0.05) is 50.1 Å². The summed E-state index contributed by atoms with van der Waals surface area (Å²) in [5, 5.41) is 13.7. The highest BCUT2D eigenvalue weighted by Crippen LogP contribution is 2.39. The van der Waals surface area contributed by atoms with Crippen LogP contribution in [-0.4, -0.2) is 33.0 Å². The third-order valence-corrected chi connectivity index (χ3v) is 5.19. The lowest BCUT2D eigenvalue weighted by atomic mass is 9.99. The molecular formula is C22H25N5O3. The largest absolute Gasteiger partial charge is 0.483 e. The molecule has 2 heterocycles. The highest BCUT2D eigenvalue weighted by atomic mass is 16.6. The zero-order chi connectivity index (χ0) is 21.0. The maximum Gasteiger partial charge on any atom is 0.257 e. The van der Waals surface area contributed by atoms with E-state index in [4.69, 9.17) is 15.2 Å². The van der Waals surface area contributed by atoms with Crippen LogP contribution in [0.15, 0.2) is 42.5 Å². The number of aryl methyl sites for hydroxylation is 1. The Labute approximate surface area is 174 Å². The van der Waals surface area contributed by atoms with E-state index in [-0.39, 0.29) is 24.6 Å². The Bertz CT molecular complexity index is 1000. The van der Waals surface area contributed by atoms with Crippen LogP contribution in [0.3, 0.4) is 0 Å². The molecule has 8 heteroatoms. The quantitative estimate of drug-likeness (QED) is 0.436. The van der Waals surface area contributed by atoms with Crippen LogP contribution < -0.4 is 15.2 Å². The number of benzene rings is 2. The van der Waals surface area contributed by atoms with Gasteiger partial charge in [0.1, 0.15) is 6.61 Å². The van der Waals surface area contributed by atoms with Gasteiger partial charge in [0, 0.05) is 6.42 Å². The number of tetrazole rings is 1. The number of nitrogens with two attached hydrogens (primary N) is 1. The van der Waals surface area contributed by atoms with Gasteiger partial charge in [-0.05, 0) is 41.3 Å². The fraction of sp³-hybridized carbons (Fsp3) is 0.364. The molecule has 1 unspecified atom stereocenters. The predicted octanol–water partition coefficient (Wildman–Crippen LogP) is 2.94. The molecule has 0 amide bonds. The van der Waals surface area contributed by atoms with Crippen molar-refractivity contribution in [1.29, 1.82) is 0 Å². The van der Waals surface area contributed by atoms with Gasteiger partial charge in [0.2, 0.25) is 5.82 Å². The molecule has 0 saturated heterocycles. The van der Waals surface area contributed by atoms with E-state index < -0.39 is 5.72 Å². The fourth-order valence-electron chi connectivity index (χ4n) is 3.49. The predicted molar refractivity (Wildman–Crippen MR) is 110 cm³/mol. The molecule has 3 N–H and O–H groups in total. The second-order valence-electron chi connectivity index (χ2n) is 7.52. The molecule has 0 saturated carbocycles. The summed E-state index contributed by atoms with van der Waals surface area (Å²) in [6, 6.07) is 13.4. The fourth-order valence-corrected chi connectivity index (χ4v) is 3.49. The smallest absolute Gasteiger partial charge is 0.257 e. The molecule has 1 aliphatic heterocycles. The third-order valence-electron chi connectivity index (χ3n) is 5.19. The van der Waals surface area contributed by atoms with Crippen molar-refractivity contribution < 1.29 is 14.3 Å². The Morgan fingerprint density at radius 2 is 1.97 bits per heavy atom. The minimum atomic E-state index is -1.42. The van der Waals surface area contributed by atoms with E-state index in [1.54, 1.807) is 18.2 Å². The van der Waals surface area contributed by atoms with Crippen LogP contribution in [0, 0.1) is 0 Å². The molecule has 0 bridgehead atoms. The summed E-state index contributed by atoms with van der Waals surface area (Å²) in [6.45, 7) is 2.21. The first-order valence-electron chi connectivity index (χ1n) is 10.2. The molecule has 156 valence electrons. The number of carbonyl (C=O) groups excluding carboxylic acids is 1. The number of aromatic amines is 1. The number of rotatable bonds is 8. The highest BCUT2D eigenvalue weighted by Gasteiger charge is 2.41. The first-order chi connectivity index (χ1) is 14.6. The number of nitrogens with zero attached hydrogens (tertiary/aromatic N) is 3. The monoisotopic (exact) mass is 407 g/mol. The second-order valence-corrected chi connectivity index (χ2v) is 7.52. The molecule has 0 spiro atoms. The van der Waals surface area contributed by atoms with Gasteiger partial charge in [-0.2, -0.15) is 5.21 Å². The first-order valence-corrected chi connectivity index (χ1v) is 10.2. The van der Waals surface area contributed by atoms with E-state index in [1.807, 2.05) is 12.1 Å².